The van der Waals surface area contributed by atoms with Crippen LogP contribution in [0.15, 0.2) is 60.7 Å². The average Bonchev–Trinajstić information content (AvgIpc) is 2.69. The molecule has 2 aromatic carbocycles. The number of likely N-dealkylation sites (tertiary alicyclic amines) is 1. The van der Waals surface area contributed by atoms with E-state index in [9.17, 15) is 9.59 Å². The summed E-state index contributed by atoms with van der Waals surface area (Å²) < 4.78 is 0. The minimum Gasteiger partial charge on any atom is -0.339 e. The van der Waals surface area contributed by atoms with Crippen molar-refractivity contribution in [1.29, 1.82) is 0 Å². The highest BCUT2D eigenvalue weighted by Crippen LogP contribution is 2.21. The van der Waals surface area contributed by atoms with Gasteiger partial charge in [-0.05, 0) is 43.0 Å². The van der Waals surface area contributed by atoms with Gasteiger partial charge in [0.15, 0.2) is 0 Å². The highest BCUT2D eigenvalue weighted by atomic mass is 16.2. The largest absolute Gasteiger partial charge is 0.339 e. The van der Waals surface area contributed by atoms with Crippen molar-refractivity contribution < 1.29 is 9.59 Å². The molecule has 26 heavy (non-hydrogen) atoms. The van der Waals surface area contributed by atoms with Gasteiger partial charge in [0.25, 0.3) is 0 Å². The van der Waals surface area contributed by atoms with E-state index in [2.05, 4.69) is 5.32 Å². The predicted octanol–water partition coefficient (Wildman–Crippen LogP) is 3.89. The maximum atomic E-state index is 12.5. The Labute approximate surface area is 154 Å². The third-order valence-electron chi connectivity index (χ3n) is 4.80. The van der Waals surface area contributed by atoms with E-state index in [0.29, 0.717) is 25.9 Å². The zero-order valence-corrected chi connectivity index (χ0v) is 15.0. The number of rotatable bonds is 4. The molecule has 1 heterocycles. The van der Waals surface area contributed by atoms with Crippen LogP contribution in [0.2, 0.25) is 0 Å². The zero-order chi connectivity index (χ0) is 18.4. The maximum absolute atomic E-state index is 12.5. The number of benzene rings is 2. The van der Waals surface area contributed by atoms with E-state index >= 15 is 0 Å². The smallest absolute Gasteiger partial charge is 0.246 e. The number of piperidine rings is 1. The van der Waals surface area contributed by atoms with Gasteiger partial charge in [-0.25, -0.2) is 0 Å². The molecule has 1 saturated heterocycles. The van der Waals surface area contributed by atoms with Crippen LogP contribution in [0.25, 0.3) is 6.08 Å². The van der Waals surface area contributed by atoms with Gasteiger partial charge in [0, 0.05) is 30.8 Å². The number of anilines is 1. The van der Waals surface area contributed by atoms with Crippen LogP contribution in [0, 0.1) is 12.8 Å². The van der Waals surface area contributed by atoms with Crippen LogP contribution in [0.4, 0.5) is 5.69 Å². The first-order chi connectivity index (χ1) is 12.6. The highest BCUT2D eigenvalue weighted by Gasteiger charge is 2.26. The summed E-state index contributed by atoms with van der Waals surface area (Å²) in [7, 11) is 0. The first-order valence-electron chi connectivity index (χ1n) is 9.02. The van der Waals surface area contributed by atoms with Gasteiger partial charge in [-0.15, -0.1) is 0 Å². The fraction of sp³-hybridized carbons (Fsp3) is 0.273. The summed E-state index contributed by atoms with van der Waals surface area (Å²) in [5, 5.41) is 3.01. The number of nitrogens with one attached hydrogen (secondary N) is 1. The molecule has 4 nitrogen and oxygen atoms in total. The van der Waals surface area contributed by atoms with Crippen LogP contribution in [0.1, 0.15) is 24.0 Å². The Morgan fingerprint density at radius 2 is 1.65 bits per heavy atom. The van der Waals surface area contributed by atoms with E-state index in [1.807, 2.05) is 72.5 Å². The highest BCUT2D eigenvalue weighted by molar-refractivity contribution is 5.94. The predicted molar refractivity (Wildman–Crippen MR) is 105 cm³/mol. The first kappa shape index (κ1) is 17.9. The molecule has 134 valence electrons. The maximum Gasteiger partial charge on any atom is 0.246 e. The number of amides is 2. The molecule has 1 aliphatic heterocycles. The molecule has 1 fully saturated rings. The molecule has 0 saturated carbocycles. The molecule has 1 N–H and O–H groups in total. The Bertz CT molecular complexity index is 791. The van der Waals surface area contributed by atoms with Crippen LogP contribution in [-0.4, -0.2) is 29.8 Å². The average molecular weight is 348 g/mol. The molecule has 4 heteroatoms. The normalized spacial score (nSPS) is 15.2. The molecule has 0 aliphatic carbocycles. The summed E-state index contributed by atoms with van der Waals surface area (Å²) in [6, 6.07) is 17.5. The van der Waals surface area contributed by atoms with Gasteiger partial charge < -0.3 is 10.2 Å². The van der Waals surface area contributed by atoms with E-state index in [4.69, 9.17) is 0 Å². The van der Waals surface area contributed by atoms with E-state index in [-0.39, 0.29) is 17.7 Å². The van der Waals surface area contributed by atoms with Crippen LogP contribution in [0.5, 0.6) is 0 Å². The molecule has 0 bridgehead atoms. The lowest BCUT2D eigenvalue weighted by Crippen LogP contribution is -2.40. The molecule has 0 unspecified atom stereocenters. The van der Waals surface area contributed by atoms with Crippen molar-refractivity contribution >= 4 is 23.6 Å². The Balaban J connectivity index is 1.50. The van der Waals surface area contributed by atoms with E-state index in [0.717, 1.165) is 16.8 Å². The third kappa shape index (κ3) is 4.60. The monoisotopic (exact) mass is 348 g/mol. The van der Waals surface area contributed by atoms with E-state index < -0.39 is 0 Å². The Morgan fingerprint density at radius 3 is 2.35 bits per heavy atom. The molecule has 3 rings (SSSR count). The van der Waals surface area contributed by atoms with Gasteiger partial charge in [-0.2, -0.15) is 0 Å². The lowest BCUT2D eigenvalue weighted by Gasteiger charge is -2.30. The van der Waals surface area contributed by atoms with Crippen molar-refractivity contribution in [2.75, 3.05) is 18.4 Å². The number of aryl methyl sites for hydroxylation is 1. The van der Waals surface area contributed by atoms with Crippen molar-refractivity contribution in [3.05, 3.63) is 71.8 Å². The summed E-state index contributed by atoms with van der Waals surface area (Å²) in [5.74, 6) is 0.00889. The molecule has 1 aliphatic rings. The van der Waals surface area contributed by atoms with Crippen molar-refractivity contribution in [2.24, 2.45) is 5.92 Å². The Morgan fingerprint density at radius 1 is 1.00 bits per heavy atom. The van der Waals surface area contributed by atoms with Gasteiger partial charge in [-0.1, -0.05) is 48.5 Å². The fourth-order valence-corrected chi connectivity index (χ4v) is 3.15. The Kier molecular flexibility index (Phi) is 5.84. The summed E-state index contributed by atoms with van der Waals surface area (Å²) in [6.45, 7) is 3.21. The first-order valence-corrected chi connectivity index (χ1v) is 9.02. The fourth-order valence-electron chi connectivity index (χ4n) is 3.15. The summed E-state index contributed by atoms with van der Waals surface area (Å²) >= 11 is 0. The third-order valence-corrected chi connectivity index (χ3v) is 4.80. The standard InChI is InChI=1S/C22H24N2O2/c1-17-7-5-6-10-20(17)23-22(26)19-13-15-24(16-14-19)21(25)12-11-18-8-3-2-4-9-18/h2-12,19H,13-16H2,1H3,(H,23,26)/b12-11+. The molecule has 0 aromatic heterocycles. The van der Waals surface area contributed by atoms with Gasteiger partial charge >= 0.3 is 0 Å². The topological polar surface area (TPSA) is 49.4 Å². The summed E-state index contributed by atoms with van der Waals surface area (Å²) in [6.07, 6.45) is 4.84. The van der Waals surface area contributed by atoms with Gasteiger partial charge in [0.05, 0.1) is 0 Å². The van der Waals surface area contributed by atoms with Crippen LogP contribution in [0.3, 0.4) is 0 Å². The lowest BCUT2D eigenvalue weighted by molar-refractivity contribution is -0.130. The SMILES string of the molecule is Cc1ccccc1NC(=O)C1CCN(C(=O)/C=C/c2ccccc2)CC1. The van der Waals surface area contributed by atoms with Gasteiger partial charge in [0.1, 0.15) is 0 Å². The number of para-hydroxylation sites is 1. The van der Waals surface area contributed by atoms with Crippen LogP contribution >= 0.6 is 0 Å². The van der Waals surface area contributed by atoms with Crippen LogP contribution in [-0.2, 0) is 9.59 Å². The lowest BCUT2D eigenvalue weighted by atomic mass is 9.95. The molecular formula is C22H24N2O2. The number of carbonyl (C=O) groups excluding carboxylic acids is 2. The number of nitrogens with zero attached hydrogens (tertiary/aromatic N) is 1. The molecule has 2 amide bonds. The zero-order valence-electron chi connectivity index (χ0n) is 15.0. The van der Waals surface area contributed by atoms with Crippen molar-refractivity contribution in [3.8, 4) is 0 Å². The molecule has 0 spiro atoms. The van der Waals surface area contributed by atoms with Crippen molar-refractivity contribution in [1.82, 2.24) is 4.90 Å². The summed E-state index contributed by atoms with van der Waals surface area (Å²) in [4.78, 5) is 26.6. The van der Waals surface area contributed by atoms with Crippen molar-refractivity contribution in [2.45, 2.75) is 19.8 Å². The van der Waals surface area contributed by atoms with Gasteiger partial charge in [0.2, 0.25) is 11.8 Å². The van der Waals surface area contributed by atoms with E-state index in [1.165, 1.54) is 0 Å². The van der Waals surface area contributed by atoms with Gasteiger partial charge in [-0.3, -0.25) is 9.59 Å². The minimum absolute atomic E-state index is 0.00613. The van der Waals surface area contributed by atoms with Crippen molar-refractivity contribution in [3.63, 3.8) is 0 Å². The molecule has 2 aromatic rings. The van der Waals surface area contributed by atoms with Crippen LogP contribution < -0.4 is 5.32 Å². The number of carbonyl (C=O) groups is 2. The van der Waals surface area contributed by atoms with E-state index in [1.54, 1.807) is 6.08 Å². The Hall–Kier alpha value is -2.88. The molecule has 0 atom stereocenters. The molecular weight excluding hydrogens is 324 g/mol. The minimum atomic E-state index is -0.0447. The molecule has 0 radical (unpaired) electrons. The number of hydrogen-bond donors (Lipinski definition) is 1. The second-order valence-electron chi connectivity index (χ2n) is 6.65. The summed E-state index contributed by atoms with van der Waals surface area (Å²) in [5.41, 5.74) is 2.93. The second kappa shape index (κ2) is 8.48. The number of hydrogen-bond acceptors (Lipinski definition) is 2. The second-order valence-corrected chi connectivity index (χ2v) is 6.65. The quantitative estimate of drug-likeness (QED) is 0.852.